The molecule has 1 fully saturated rings. The third kappa shape index (κ3) is 3.05. The molecular formula is C15H18FNO. The Morgan fingerprint density at radius 2 is 1.94 bits per heavy atom. The van der Waals surface area contributed by atoms with E-state index < -0.39 is 0 Å². The van der Waals surface area contributed by atoms with E-state index in [1.165, 1.54) is 12.1 Å². The van der Waals surface area contributed by atoms with Crippen molar-refractivity contribution in [2.75, 3.05) is 19.6 Å². The largest absolute Gasteiger partial charge is 0.300 e. The van der Waals surface area contributed by atoms with Gasteiger partial charge in [0.2, 0.25) is 0 Å². The number of hydrogen-bond acceptors (Lipinski definition) is 2. The van der Waals surface area contributed by atoms with Crippen LogP contribution >= 0.6 is 0 Å². The zero-order chi connectivity index (χ0) is 13.0. The maximum absolute atomic E-state index is 12.8. The van der Waals surface area contributed by atoms with Crippen molar-refractivity contribution in [2.24, 2.45) is 5.92 Å². The Bertz CT molecular complexity index is 419. The summed E-state index contributed by atoms with van der Waals surface area (Å²) >= 11 is 0. The van der Waals surface area contributed by atoms with E-state index in [4.69, 9.17) is 0 Å². The third-order valence-corrected chi connectivity index (χ3v) is 3.47. The van der Waals surface area contributed by atoms with Gasteiger partial charge in [-0.25, -0.2) is 4.39 Å². The molecule has 0 saturated carbocycles. The minimum atomic E-state index is -0.299. The van der Waals surface area contributed by atoms with Gasteiger partial charge in [-0.1, -0.05) is 6.08 Å². The molecule has 0 bridgehead atoms. The van der Waals surface area contributed by atoms with E-state index in [0.29, 0.717) is 5.56 Å². The SMILES string of the molecule is C=CCN1CCC(C(=O)c2ccc(F)cc2)CC1. The summed E-state index contributed by atoms with van der Waals surface area (Å²) in [7, 11) is 0. The van der Waals surface area contributed by atoms with Crippen molar-refractivity contribution in [1.29, 1.82) is 0 Å². The zero-order valence-electron chi connectivity index (χ0n) is 10.4. The molecular weight excluding hydrogens is 229 g/mol. The first-order valence-corrected chi connectivity index (χ1v) is 6.33. The molecule has 2 nitrogen and oxygen atoms in total. The summed E-state index contributed by atoms with van der Waals surface area (Å²) in [6, 6.07) is 5.85. The molecule has 1 heterocycles. The number of piperidine rings is 1. The monoisotopic (exact) mass is 247 g/mol. The van der Waals surface area contributed by atoms with Gasteiger partial charge in [0.25, 0.3) is 0 Å². The predicted molar refractivity (Wildman–Crippen MR) is 70.1 cm³/mol. The standard InChI is InChI=1S/C15H18FNO/c1-2-9-17-10-7-13(8-11-17)15(18)12-3-5-14(16)6-4-12/h2-6,13H,1,7-11H2. The molecule has 0 unspecified atom stereocenters. The summed E-state index contributed by atoms with van der Waals surface area (Å²) in [5.41, 5.74) is 0.624. The molecule has 2 rings (SSSR count). The molecule has 1 aliphatic rings. The number of halogens is 1. The lowest BCUT2D eigenvalue weighted by Crippen LogP contribution is -2.36. The molecule has 96 valence electrons. The summed E-state index contributed by atoms with van der Waals surface area (Å²) in [6.45, 7) is 6.48. The highest BCUT2D eigenvalue weighted by molar-refractivity contribution is 5.97. The van der Waals surface area contributed by atoms with Gasteiger partial charge in [-0.05, 0) is 50.2 Å². The fraction of sp³-hybridized carbons (Fsp3) is 0.400. The summed E-state index contributed by atoms with van der Waals surface area (Å²) < 4.78 is 12.8. The highest BCUT2D eigenvalue weighted by atomic mass is 19.1. The number of Topliss-reactive ketones (excluding diaryl/α,β-unsaturated/α-hetero) is 1. The molecule has 0 spiro atoms. The van der Waals surface area contributed by atoms with E-state index in [0.717, 1.165) is 32.5 Å². The molecule has 1 aliphatic heterocycles. The zero-order valence-corrected chi connectivity index (χ0v) is 10.4. The number of carbonyl (C=O) groups is 1. The minimum Gasteiger partial charge on any atom is -0.300 e. The van der Waals surface area contributed by atoms with Crippen LogP contribution in [0.1, 0.15) is 23.2 Å². The molecule has 0 radical (unpaired) electrons. The summed E-state index contributed by atoms with van der Waals surface area (Å²) in [5.74, 6) is -0.0721. The minimum absolute atomic E-state index is 0.0801. The molecule has 18 heavy (non-hydrogen) atoms. The van der Waals surface area contributed by atoms with Crippen molar-refractivity contribution in [3.05, 3.63) is 48.3 Å². The molecule has 1 saturated heterocycles. The Hall–Kier alpha value is -1.48. The maximum Gasteiger partial charge on any atom is 0.166 e. The van der Waals surface area contributed by atoms with Gasteiger partial charge in [0, 0.05) is 18.0 Å². The van der Waals surface area contributed by atoms with Crippen LogP contribution in [-0.4, -0.2) is 30.3 Å². The molecule has 0 atom stereocenters. The topological polar surface area (TPSA) is 20.3 Å². The van der Waals surface area contributed by atoms with Crippen LogP contribution in [0.5, 0.6) is 0 Å². The smallest absolute Gasteiger partial charge is 0.166 e. The van der Waals surface area contributed by atoms with E-state index in [9.17, 15) is 9.18 Å². The predicted octanol–water partition coefficient (Wildman–Crippen LogP) is 2.91. The highest BCUT2D eigenvalue weighted by Gasteiger charge is 2.25. The first kappa shape index (κ1) is 13.0. The lowest BCUT2D eigenvalue weighted by molar-refractivity contribution is 0.0848. The van der Waals surface area contributed by atoms with Crippen molar-refractivity contribution >= 4 is 5.78 Å². The van der Waals surface area contributed by atoms with Crippen LogP contribution in [0.3, 0.4) is 0 Å². The normalized spacial score (nSPS) is 17.6. The average Bonchev–Trinajstić information content (AvgIpc) is 2.40. The first-order valence-electron chi connectivity index (χ1n) is 6.33. The molecule has 0 amide bonds. The number of carbonyl (C=O) groups excluding carboxylic acids is 1. The number of ketones is 1. The number of likely N-dealkylation sites (tertiary alicyclic amines) is 1. The Kier molecular flexibility index (Phi) is 4.26. The van der Waals surface area contributed by atoms with Gasteiger partial charge < -0.3 is 0 Å². The van der Waals surface area contributed by atoms with Gasteiger partial charge in [-0.15, -0.1) is 6.58 Å². The van der Waals surface area contributed by atoms with Gasteiger partial charge in [0.05, 0.1) is 0 Å². The lowest BCUT2D eigenvalue weighted by atomic mass is 9.89. The van der Waals surface area contributed by atoms with Crippen LogP contribution in [0.25, 0.3) is 0 Å². The van der Waals surface area contributed by atoms with Crippen LogP contribution in [-0.2, 0) is 0 Å². The summed E-state index contributed by atoms with van der Waals surface area (Å²) in [4.78, 5) is 14.5. The Morgan fingerprint density at radius 1 is 1.33 bits per heavy atom. The Labute approximate surface area is 107 Å². The van der Waals surface area contributed by atoms with E-state index in [2.05, 4.69) is 11.5 Å². The second kappa shape index (κ2) is 5.91. The van der Waals surface area contributed by atoms with Crippen LogP contribution in [0, 0.1) is 11.7 Å². The number of nitrogens with zero attached hydrogens (tertiary/aromatic N) is 1. The summed E-state index contributed by atoms with van der Waals surface area (Å²) in [6.07, 6.45) is 3.65. The fourth-order valence-corrected chi connectivity index (χ4v) is 2.41. The van der Waals surface area contributed by atoms with Gasteiger partial charge in [0.1, 0.15) is 5.82 Å². The maximum atomic E-state index is 12.8. The molecule has 0 aromatic heterocycles. The van der Waals surface area contributed by atoms with Crippen molar-refractivity contribution < 1.29 is 9.18 Å². The molecule has 0 aliphatic carbocycles. The third-order valence-electron chi connectivity index (χ3n) is 3.47. The molecule has 0 N–H and O–H groups in total. The van der Waals surface area contributed by atoms with E-state index in [1.54, 1.807) is 12.1 Å². The van der Waals surface area contributed by atoms with Crippen LogP contribution in [0.2, 0.25) is 0 Å². The molecule has 1 aromatic carbocycles. The van der Waals surface area contributed by atoms with Gasteiger partial charge in [-0.2, -0.15) is 0 Å². The van der Waals surface area contributed by atoms with Crippen molar-refractivity contribution in [2.45, 2.75) is 12.8 Å². The van der Waals surface area contributed by atoms with Crippen LogP contribution < -0.4 is 0 Å². The van der Waals surface area contributed by atoms with E-state index >= 15 is 0 Å². The fourth-order valence-electron chi connectivity index (χ4n) is 2.41. The van der Waals surface area contributed by atoms with Crippen LogP contribution in [0.4, 0.5) is 4.39 Å². The van der Waals surface area contributed by atoms with Crippen molar-refractivity contribution in [3.8, 4) is 0 Å². The van der Waals surface area contributed by atoms with Crippen LogP contribution in [0.15, 0.2) is 36.9 Å². The van der Waals surface area contributed by atoms with Crippen molar-refractivity contribution in [1.82, 2.24) is 4.90 Å². The quantitative estimate of drug-likeness (QED) is 0.602. The number of rotatable bonds is 4. The first-order chi connectivity index (χ1) is 8.70. The summed E-state index contributed by atoms with van der Waals surface area (Å²) in [5, 5.41) is 0. The molecule has 3 heteroatoms. The Balaban J connectivity index is 1.95. The second-order valence-corrected chi connectivity index (χ2v) is 4.73. The van der Waals surface area contributed by atoms with Gasteiger partial charge in [-0.3, -0.25) is 9.69 Å². The molecule has 1 aromatic rings. The van der Waals surface area contributed by atoms with Gasteiger partial charge >= 0.3 is 0 Å². The lowest BCUT2D eigenvalue weighted by Gasteiger charge is -2.30. The van der Waals surface area contributed by atoms with E-state index in [1.807, 2.05) is 6.08 Å². The van der Waals surface area contributed by atoms with Crippen molar-refractivity contribution in [3.63, 3.8) is 0 Å². The number of benzene rings is 1. The second-order valence-electron chi connectivity index (χ2n) is 4.73. The highest BCUT2D eigenvalue weighted by Crippen LogP contribution is 2.21. The average molecular weight is 247 g/mol. The Morgan fingerprint density at radius 3 is 2.50 bits per heavy atom. The van der Waals surface area contributed by atoms with Gasteiger partial charge in [0.15, 0.2) is 5.78 Å². The number of hydrogen-bond donors (Lipinski definition) is 0. The van der Waals surface area contributed by atoms with E-state index in [-0.39, 0.29) is 17.5 Å².